The molecule has 0 saturated carbocycles. The summed E-state index contributed by atoms with van der Waals surface area (Å²) < 4.78 is 0. The van der Waals surface area contributed by atoms with E-state index in [1.807, 2.05) is 0 Å². The van der Waals surface area contributed by atoms with E-state index >= 15 is 0 Å². The van der Waals surface area contributed by atoms with Crippen molar-refractivity contribution in [3.63, 3.8) is 0 Å². The molecule has 2 heterocycles. The fraction of sp³-hybridized carbons (Fsp3) is 1.00. The minimum absolute atomic E-state index is 0.476. The monoisotopic (exact) mass is 172 g/mol. The van der Waals surface area contributed by atoms with Crippen LogP contribution in [-0.2, 0) is 0 Å². The van der Waals surface area contributed by atoms with Crippen LogP contribution < -0.4 is 5.73 Å². The van der Waals surface area contributed by atoms with E-state index in [-0.39, 0.29) is 0 Å². The van der Waals surface area contributed by atoms with Crippen molar-refractivity contribution in [2.75, 3.05) is 31.1 Å². The van der Waals surface area contributed by atoms with Crippen LogP contribution in [0.5, 0.6) is 0 Å². The van der Waals surface area contributed by atoms with Gasteiger partial charge < -0.3 is 5.73 Å². The maximum Gasteiger partial charge on any atom is 0.0297 e. The molecule has 1 unspecified atom stereocenters. The lowest BCUT2D eigenvalue weighted by molar-refractivity contribution is 0.131. The lowest BCUT2D eigenvalue weighted by Crippen LogP contribution is -2.56. The number of likely N-dealkylation sites (tertiary alicyclic amines) is 1. The molecule has 0 aromatic carbocycles. The summed E-state index contributed by atoms with van der Waals surface area (Å²) >= 11 is 2.10. The molecular weight excluding hydrogens is 156 g/mol. The molecule has 2 N–H and O–H groups in total. The first-order valence-electron chi connectivity index (χ1n) is 4.40. The second-order valence-corrected chi connectivity index (χ2v) is 4.86. The minimum Gasteiger partial charge on any atom is -0.325 e. The topological polar surface area (TPSA) is 29.3 Å². The van der Waals surface area contributed by atoms with Gasteiger partial charge >= 0.3 is 0 Å². The molecule has 0 aromatic heterocycles. The zero-order chi connectivity index (χ0) is 7.68. The molecule has 2 nitrogen and oxygen atoms in total. The van der Waals surface area contributed by atoms with Crippen molar-refractivity contribution in [2.45, 2.75) is 12.5 Å². The highest BCUT2D eigenvalue weighted by Gasteiger charge is 2.26. The highest BCUT2D eigenvalue weighted by atomic mass is 32.2. The van der Waals surface area contributed by atoms with E-state index in [1.54, 1.807) is 0 Å². The summed E-state index contributed by atoms with van der Waals surface area (Å²) in [7, 11) is 0. The van der Waals surface area contributed by atoms with Gasteiger partial charge in [0.2, 0.25) is 0 Å². The Hall–Kier alpha value is 0.270. The highest BCUT2D eigenvalue weighted by Crippen LogP contribution is 2.25. The molecule has 1 atom stereocenters. The van der Waals surface area contributed by atoms with Crippen LogP contribution in [0.3, 0.4) is 0 Å². The van der Waals surface area contributed by atoms with Gasteiger partial charge in [-0.05, 0) is 23.8 Å². The molecule has 64 valence electrons. The molecule has 0 spiro atoms. The predicted molar refractivity (Wildman–Crippen MR) is 49.8 cm³/mol. The third kappa shape index (κ3) is 1.89. The maximum atomic E-state index is 5.70. The van der Waals surface area contributed by atoms with Gasteiger partial charge in [0.25, 0.3) is 0 Å². The van der Waals surface area contributed by atoms with Crippen LogP contribution in [0.4, 0.5) is 0 Å². The van der Waals surface area contributed by atoms with Crippen LogP contribution in [0.15, 0.2) is 0 Å². The second-order valence-electron chi connectivity index (χ2n) is 3.71. The van der Waals surface area contributed by atoms with E-state index in [1.165, 1.54) is 24.5 Å². The standard InChI is InChI=1S/C8H16N2S/c9-8-4-10(5-8)3-7-1-2-11-6-7/h7-8H,1-6,9H2. The summed E-state index contributed by atoms with van der Waals surface area (Å²) in [5, 5.41) is 0. The largest absolute Gasteiger partial charge is 0.325 e. The molecule has 2 aliphatic heterocycles. The van der Waals surface area contributed by atoms with Gasteiger partial charge in [-0.2, -0.15) is 11.8 Å². The molecule has 11 heavy (non-hydrogen) atoms. The van der Waals surface area contributed by atoms with Crippen molar-refractivity contribution in [1.82, 2.24) is 4.90 Å². The molecule has 0 bridgehead atoms. The van der Waals surface area contributed by atoms with Crippen LogP contribution in [0.1, 0.15) is 6.42 Å². The zero-order valence-corrected chi connectivity index (χ0v) is 7.65. The fourth-order valence-corrected chi connectivity index (χ4v) is 3.12. The number of nitrogens with zero attached hydrogens (tertiary/aromatic N) is 1. The number of nitrogens with two attached hydrogens (primary N) is 1. The second kappa shape index (κ2) is 3.33. The Morgan fingerprint density at radius 3 is 2.82 bits per heavy atom. The predicted octanol–water partition coefficient (Wildman–Crippen LogP) is 0.382. The maximum absolute atomic E-state index is 5.70. The summed E-state index contributed by atoms with van der Waals surface area (Å²) in [4.78, 5) is 2.49. The summed E-state index contributed by atoms with van der Waals surface area (Å²) in [5.74, 6) is 3.73. The van der Waals surface area contributed by atoms with E-state index in [0.717, 1.165) is 19.0 Å². The summed E-state index contributed by atoms with van der Waals surface area (Å²) in [6.45, 7) is 3.59. The van der Waals surface area contributed by atoms with Crippen LogP contribution in [-0.4, -0.2) is 42.1 Å². The third-order valence-electron chi connectivity index (χ3n) is 2.53. The smallest absolute Gasteiger partial charge is 0.0297 e. The Kier molecular flexibility index (Phi) is 2.39. The van der Waals surface area contributed by atoms with Gasteiger partial charge in [0.1, 0.15) is 0 Å². The van der Waals surface area contributed by atoms with Crippen molar-refractivity contribution in [2.24, 2.45) is 11.7 Å². The normalized spacial score (nSPS) is 34.1. The van der Waals surface area contributed by atoms with Gasteiger partial charge in [0.05, 0.1) is 0 Å². The molecule has 3 heteroatoms. The Morgan fingerprint density at radius 2 is 2.27 bits per heavy atom. The third-order valence-corrected chi connectivity index (χ3v) is 3.76. The Morgan fingerprint density at radius 1 is 1.45 bits per heavy atom. The van der Waals surface area contributed by atoms with Crippen molar-refractivity contribution >= 4 is 11.8 Å². The van der Waals surface area contributed by atoms with Crippen LogP contribution in [0, 0.1) is 5.92 Å². The summed E-state index contributed by atoms with van der Waals surface area (Å²) in [6.07, 6.45) is 1.43. The van der Waals surface area contributed by atoms with Crippen molar-refractivity contribution in [1.29, 1.82) is 0 Å². The van der Waals surface area contributed by atoms with Gasteiger partial charge in [-0.1, -0.05) is 0 Å². The van der Waals surface area contributed by atoms with Crippen molar-refractivity contribution in [3.8, 4) is 0 Å². The van der Waals surface area contributed by atoms with E-state index in [2.05, 4.69) is 16.7 Å². The van der Waals surface area contributed by atoms with E-state index in [9.17, 15) is 0 Å². The SMILES string of the molecule is NC1CN(CC2CCSC2)C1. The lowest BCUT2D eigenvalue weighted by Gasteiger charge is -2.38. The lowest BCUT2D eigenvalue weighted by atomic mass is 10.0. The number of thioether (sulfide) groups is 1. The molecule has 2 fully saturated rings. The summed E-state index contributed by atoms with van der Waals surface area (Å²) in [6, 6.07) is 0.476. The average molecular weight is 172 g/mol. The Balaban J connectivity index is 1.66. The van der Waals surface area contributed by atoms with E-state index in [0.29, 0.717) is 6.04 Å². The molecule has 0 aromatic rings. The molecule has 2 rings (SSSR count). The van der Waals surface area contributed by atoms with Crippen molar-refractivity contribution in [3.05, 3.63) is 0 Å². The quantitative estimate of drug-likeness (QED) is 0.653. The highest BCUT2D eigenvalue weighted by molar-refractivity contribution is 7.99. The summed E-state index contributed by atoms with van der Waals surface area (Å²) in [5.41, 5.74) is 5.70. The molecule has 0 amide bonds. The number of hydrogen-bond acceptors (Lipinski definition) is 3. The van der Waals surface area contributed by atoms with Crippen molar-refractivity contribution < 1.29 is 0 Å². The first-order chi connectivity index (χ1) is 5.34. The van der Waals surface area contributed by atoms with Crippen LogP contribution in [0.25, 0.3) is 0 Å². The van der Waals surface area contributed by atoms with Crippen LogP contribution >= 0.6 is 11.8 Å². The van der Waals surface area contributed by atoms with Gasteiger partial charge in [-0.15, -0.1) is 0 Å². The minimum atomic E-state index is 0.476. The van der Waals surface area contributed by atoms with Gasteiger partial charge in [0.15, 0.2) is 0 Å². The molecule has 0 aliphatic carbocycles. The molecule has 2 saturated heterocycles. The Bertz CT molecular complexity index is 128. The fourth-order valence-electron chi connectivity index (χ4n) is 1.85. The average Bonchev–Trinajstić information content (AvgIpc) is 2.36. The molecule has 2 aliphatic rings. The van der Waals surface area contributed by atoms with Gasteiger partial charge in [-0.25, -0.2) is 0 Å². The number of hydrogen-bond donors (Lipinski definition) is 1. The number of rotatable bonds is 2. The van der Waals surface area contributed by atoms with Gasteiger partial charge in [-0.3, -0.25) is 4.90 Å². The molecule has 0 radical (unpaired) electrons. The zero-order valence-electron chi connectivity index (χ0n) is 6.83. The first-order valence-corrected chi connectivity index (χ1v) is 5.56. The van der Waals surface area contributed by atoms with Crippen LogP contribution in [0.2, 0.25) is 0 Å². The van der Waals surface area contributed by atoms with E-state index in [4.69, 9.17) is 5.73 Å². The Labute approximate surface area is 72.5 Å². The van der Waals surface area contributed by atoms with E-state index < -0.39 is 0 Å². The first kappa shape index (κ1) is 7.90. The molecular formula is C8H16N2S. The van der Waals surface area contributed by atoms with Gasteiger partial charge in [0, 0.05) is 25.7 Å².